The predicted molar refractivity (Wildman–Crippen MR) is 117 cm³/mol. The van der Waals surface area contributed by atoms with Crippen LogP contribution in [0.2, 0.25) is 0 Å². The molecule has 0 atom stereocenters. The van der Waals surface area contributed by atoms with Crippen molar-refractivity contribution in [2.75, 3.05) is 0 Å². The Balaban J connectivity index is 2.16. The van der Waals surface area contributed by atoms with E-state index in [0.29, 0.717) is 0 Å². The molecule has 0 fully saturated rings. The molecular weight excluding hydrogens is 344 g/mol. The summed E-state index contributed by atoms with van der Waals surface area (Å²) >= 11 is 0. The van der Waals surface area contributed by atoms with Crippen LogP contribution in [0.1, 0.15) is 52.7 Å². The maximum atomic E-state index is 5.83. The van der Waals surface area contributed by atoms with Crippen LogP contribution in [-0.2, 0) is 10.8 Å². The summed E-state index contributed by atoms with van der Waals surface area (Å²) in [6.07, 6.45) is 3.48. The topological polar surface area (TPSA) is 26.3 Å². The fourth-order valence-electron chi connectivity index (χ4n) is 3.60. The zero-order valence-corrected chi connectivity index (χ0v) is 17.6. The van der Waals surface area contributed by atoms with Gasteiger partial charge >= 0.3 is 0 Å². The van der Waals surface area contributed by atoms with Gasteiger partial charge in [0.25, 0.3) is 0 Å². The van der Waals surface area contributed by atoms with Gasteiger partial charge in [0.1, 0.15) is 11.5 Å². The van der Waals surface area contributed by atoms with E-state index in [1.807, 2.05) is 24.3 Å². The fraction of sp³-hybridized carbons (Fsp3) is 0.308. The normalized spacial score (nSPS) is 12.6. The zero-order chi connectivity index (χ0) is 20.1. The van der Waals surface area contributed by atoms with Gasteiger partial charge in [0.15, 0.2) is 0 Å². The van der Waals surface area contributed by atoms with Crippen LogP contribution in [0.15, 0.2) is 69.9 Å². The van der Waals surface area contributed by atoms with Crippen LogP contribution in [0, 0.1) is 0 Å². The van der Waals surface area contributed by atoms with Crippen molar-refractivity contribution in [2.45, 2.75) is 52.4 Å². The Morgan fingerprint density at radius 3 is 1.25 bits per heavy atom. The first-order chi connectivity index (χ1) is 13.1. The average molecular weight is 373 g/mol. The van der Waals surface area contributed by atoms with Gasteiger partial charge in [-0.05, 0) is 81.3 Å². The van der Waals surface area contributed by atoms with Gasteiger partial charge in [0, 0.05) is 11.1 Å². The molecule has 0 aliphatic carbocycles. The van der Waals surface area contributed by atoms with E-state index >= 15 is 0 Å². The van der Waals surface area contributed by atoms with Gasteiger partial charge in [-0.25, -0.2) is 0 Å². The summed E-state index contributed by atoms with van der Waals surface area (Å²) in [5.41, 5.74) is 4.88. The molecule has 2 aromatic carbocycles. The minimum Gasteiger partial charge on any atom is -0.464 e. The number of rotatable bonds is 2. The summed E-state index contributed by atoms with van der Waals surface area (Å²) < 4.78 is 11.7. The Morgan fingerprint density at radius 1 is 0.571 bits per heavy atom. The van der Waals surface area contributed by atoms with Crippen LogP contribution in [0.3, 0.4) is 0 Å². The summed E-state index contributed by atoms with van der Waals surface area (Å²) in [6.45, 7) is 13.5. The van der Waals surface area contributed by atoms with Crippen molar-refractivity contribution in [2.24, 2.45) is 0 Å². The van der Waals surface area contributed by atoms with E-state index < -0.39 is 0 Å². The van der Waals surface area contributed by atoms with Gasteiger partial charge in [-0.2, -0.15) is 0 Å². The van der Waals surface area contributed by atoms with Crippen molar-refractivity contribution >= 4 is 10.8 Å². The van der Waals surface area contributed by atoms with Gasteiger partial charge in [-0.1, -0.05) is 41.5 Å². The Hall–Kier alpha value is -2.74. The number of furan rings is 2. The quantitative estimate of drug-likeness (QED) is 0.357. The van der Waals surface area contributed by atoms with Crippen LogP contribution in [0.25, 0.3) is 33.4 Å². The minimum absolute atomic E-state index is 0.0265. The summed E-state index contributed by atoms with van der Waals surface area (Å²) in [4.78, 5) is 0. The zero-order valence-electron chi connectivity index (χ0n) is 17.6. The number of hydrogen-bond acceptors (Lipinski definition) is 2. The Morgan fingerprint density at radius 2 is 0.964 bits per heavy atom. The standard InChI is InChI=1S/C26H28O2/c1-25(2,3)17-13-19-20(21(15-17)23-9-7-11-27-23)14-18(26(4,5)6)16-22(19)24-10-8-12-28-24/h7-16H,1-6H3. The Bertz CT molecular complexity index is 1010. The van der Waals surface area contributed by atoms with Crippen molar-refractivity contribution < 1.29 is 8.83 Å². The molecule has 0 aliphatic heterocycles. The molecule has 144 valence electrons. The van der Waals surface area contributed by atoms with Gasteiger partial charge in [0.2, 0.25) is 0 Å². The molecule has 4 rings (SSSR count). The Labute approximate surface area is 167 Å². The third-order valence-electron chi connectivity index (χ3n) is 5.38. The van der Waals surface area contributed by atoms with Gasteiger partial charge < -0.3 is 8.83 Å². The second-order valence-electron chi connectivity index (χ2n) is 9.60. The molecule has 2 heteroatoms. The molecule has 0 amide bonds. The molecule has 2 nitrogen and oxygen atoms in total. The first-order valence-electron chi connectivity index (χ1n) is 9.85. The molecule has 0 bridgehead atoms. The number of fused-ring (bicyclic) bond motifs is 1. The van der Waals surface area contributed by atoms with E-state index in [1.165, 1.54) is 21.9 Å². The Kier molecular flexibility index (Phi) is 4.26. The molecular formula is C26H28O2. The van der Waals surface area contributed by atoms with Crippen LogP contribution in [0.5, 0.6) is 0 Å². The number of benzene rings is 2. The van der Waals surface area contributed by atoms with E-state index in [-0.39, 0.29) is 10.8 Å². The van der Waals surface area contributed by atoms with Crippen molar-refractivity contribution in [3.8, 4) is 22.6 Å². The van der Waals surface area contributed by atoms with Crippen molar-refractivity contribution in [3.05, 3.63) is 72.2 Å². The molecule has 0 N–H and O–H groups in total. The monoisotopic (exact) mass is 372 g/mol. The molecule has 0 aliphatic rings. The molecule has 4 aromatic rings. The van der Waals surface area contributed by atoms with Crippen molar-refractivity contribution in [3.63, 3.8) is 0 Å². The fourth-order valence-corrected chi connectivity index (χ4v) is 3.60. The molecule has 2 aromatic heterocycles. The van der Waals surface area contributed by atoms with E-state index in [0.717, 1.165) is 22.6 Å². The first-order valence-corrected chi connectivity index (χ1v) is 9.85. The summed E-state index contributed by atoms with van der Waals surface area (Å²) in [5.74, 6) is 1.79. The van der Waals surface area contributed by atoms with Crippen LogP contribution in [0.4, 0.5) is 0 Å². The lowest BCUT2D eigenvalue weighted by molar-refractivity contribution is 0.576. The highest BCUT2D eigenvalue weighted by atomic mass is 16.3. The SMILES string of the molecule is CC(C)(C)c1cc(-c2ccco2)c2cc(C(C)(C)C)cc(-c3ccco3)c2c1. The third kappa shape index (κ3) is 3.28. The molecule has 0 radical (unpaired) electrons. The molecule has 0 unspecified atom stereocenters. The average Bonchev–Trinajstić information content (AvgIpc) is 3.31. The lowest BCUT2D eigenvalue weighted by Gasteiger charge is -2.25. The maximum absolute atomic E-state index is 5.83. The van der Waals surface area contributed by atoms with Crippen LogP contribution >= 0.6 is 0 Å². The highest BCUT2D eigenvalue weighted by molar-refractivity contribution is 6.04. The van der Waals surface area contributed by atoms with Gasteiger partial charge in [0.05, 0.1) is 12.5 Å². The van der Waals surface area contributed by atoms with Gasteiger partial charge in [-0.3, -0.25) is 0 Å². The summed E-state index contributed by atoms with van der Waals surface area (Å²) in [7, 11) is 0. The highest BCUT2D eigenvalue weighted by Gasteiger charge is 2.23. The van der Waals surface area contributed by atoms with E-state index in [1.54, 1.807) is 12.5 Å². The molecule has 0 saturated carbocycles. The van der Waals surface area contributed by atoms with E-state index in [4.69, 9.17) is 8.83 Å². The third-order valence-corrected chi connectivity index (χ3v) is 5.38. The lowest BCUT2D eigenvalue weighted by Crippen LogP contribution is -2.13. The predicted octanol–water partition coefficient (Wildman–Crippen LogP) is 7.95. The lowest BCUT2D eigenvalue weighted by atomic mass is 9.80. The maximum Gasteiger partial charge on any atom is 0.134 e. The largest absolute Gasteiger partial charge is 0.464 e. The molecule has 0 spiro atoms. The minimum atomic E-state index is 0.0265. The van der Waals surface area contributed by atoms with Crippen molar-refractivity contribution in [1.29, 1.82) is 0 Å². The molecule has 2 heterocycles. The van der Waals surface area contributed by atoms with E-state index in [2.05, 4.69) is 65.8 Å². The molecule has 28 heavy (non-hydrogen) atoms. The van der Waals surface area contributed by atoms with Crippen LogP contribution in [-0.4, -0.2) is 0 Å². The first kappa shape index (κ1) is 18.6. The second-order valence-corrected chi connectivity index (χ2v) is 9.60. The highest BCUT2D eigenvalue weighted by Crippen LogP contribution is 2.41. The smallest absolute Gasteiger partial charge is 0.134 e. The second kappa shape index (κ2) is 6.41. The van der Waals surface area contributed by atoms with Gasteiger partial charge in [-0.15, -0.1) is 0 Å². The number of hydrogen-bond donors (Lipinski definition) is 0. The molecule has 0 saturated heterocycles. The summed E-state index contributed by atoms with van der Waals surface area (Å²) in [6, 6.07) is 17.2. The van der Waals surface area contributed by atoms with Crippen molar-refractivity contribution in [1.82, 2.24) is 0 Å². The summed E-state index contributed by atoms with van der Waals surface area (Å²) in [5, 5.41) is 2.39. The van der Waals surface area contributed by atoms with E-state index in [9.17, 15) is 0 Å². The van der Waals surface area contributed by atoms with Crippen LogP contribution < -0.4 is 0 Å².